The van der Waals surface area contributed by atoms with Gasteiger partial charge in [0.1, 0.15) is 0 Å². The van der Waals surface area contributed by atoms with Crippen molar-refractivity contribution in [3.63, 3.8) is 0 Å². The number of rotatable bonds is 1. The smallest absolute Gasteiger partial charge is 0.214 e. The maximum Gasteiger partial charge on any atom is 0.214 e. The van der Waals surface area contributed by atoms with Gasteiger partial charge in [-0.1, -0.05) is 0 Å². The first-order chi connectivity index (χ1) is 6.07. The molecule has 0 aromatic heterocycles. The highest BCUT2D eigenvalue weighted by Gasteiger charge is 2.14. The molecule has 70 valence electrons. The second-order valence-electron chi connectivity index (χ2n) is 2.26. The molecule has 0 saturated heterocycles. The minimum absolute atomic E-state index is 0.0978. The zero-order chi connectivity index (χ0) is 10.0. The standard InChI is InChI=1S/C8H6BrF2NO/c1-13-8(12)4-2-3-5(10)7(11)6(4)9/h2-3,12H,1H3. The summed E-state index contributed by atoms with van der Waals surface area (Å²) in [4.78, 5) is 0. The molecule has 1 aromatic rings. The van der Waals surface area contributed by atoms with Crippen LogP contribution in [0.25, 0.3) is 0 Å². The Morgan fingerprint density at radius 2 is 2.08 bits per heavy atom. The topological polar surface area (TPSA) is 33.1 Å². The van der Waals surface area contributed by atoms with Gasteiger partial charge in [-0.3, -0.25) is 5.41 Å². The zero-order valence-electron chi connectivity index (χ0n) is 6.70. The number of ether oxygens (including phenoxy) is 1. The lowest BCUT2D eigenvalue weighted by molar-refractivity contribution is 0.400. The molecule has 0 unspecified atom stereocenters. The molecule has 0 radical (unpaired) electrons. The van der Waals surface area contributed by atoms with Crippen molar-refractivity contribution < 1.29 is 13.5 Å². The van der Waals surface area contributed by atoms with Crippen LogP contribution >= 0.6 is 15.9 Å². The van der Waals surface area contributed by atoms with Crippen LogP contribution in [0.3, 0.4) is 0 Å². The molecule has 1 aromatic carbocycles. The van der Waals surface area contributed by atoms with Crippen molar-refractivity contribution >= 4 is 21.8 Å². The van der Waals surface area contributed by atoms with Crippen molar-refractivity contribution in [2.24, 2.45) is 0 Å². The molecule has 5 heteroatoms. The molecule has 0 heterocycles. The van der Waals surface area contributed by atoms with Crippen LogP contribution in [0.2, 0.25) is 0 Å². The Kier molecular flexibility index (Phi) is 2.98. The van der Waals surface area contributed by atoms with Gasteiger partial charge in [-0.25, -0.2) is 8.78 Å². The van der Waals surface area contributed by atoms with Gasteiger partial charge in [0.05, 0.1) is 17.1 Å². The Hall–Kier alpha value is -0.970. The van der Waals surface area contributed by atoms with E-state index < -0.39 is 11.6 Å². The average Bonchev–Trinajstić information content (AvgIpc) is 2.13. The van der Waals surface area contributed by atoms with Crippen LogP contribution < -0.4 is 0 Å². The minimum Gasteiger partial charge on any atom is -0.481 e. The molecule has 0 fully saturated rings. The Bertz CT molecular complexity index is 354. The third-order valence-corrected chi connectivity index (χ3v) is 2.26. The summed E-state index contributed by atoms with van der Waals surface area (Å²) in [6.45, 7) is 0. The largest absolute Gasteiger partial charge is 0.481 e. The summed E-state index contributed by atoms with van der Waals surface area (Å²) in [5.74, 6) is -2.19. The van der Waals surface area contributed by atoms with E-state index in [-0.39, 0.29) is 15.9 Å². The van der Waals surface area contributed by atoms with Gasteiger partial charge in [0.15, 0.2) is 11.6 Å². The second kappa shape index (κ2) is 3.83. The fourth-order valence-corrected chi connectivity index (χ4v) is 1.31. The Morgan fingerprint density at radius 3 is 2.62 bits per heavy atom. The maximum atomic E-state index is 12.9. The van der Waals surface area contributed by atoms with E-state index in [1.54, 1.807) is 0 Å². The van der Waals surface area contributed by atoms with Gasteiger partial charge in [0.25, 0.3) is 0 Å². The third-order valence-electron chi connectivity index (χ3n) is 1.48. The van der Waals surface area contributed by atoms with Crippen molar-refractivity contribution in [1.29, 1.82) is 5.41 Å². The molecule has 1 N–H and O–H groups in total. The second-order valence-corrected chi connectivity index (χ2v) is 3.05. The molecule has 13 heavy (non-hydrogen) atoms. The van der Waals surface area contributed by atoms with Gasteiger partial charge < -0.3 is 4.74 Å². The Labute approximate surface area is 82.2 Å². The van der Waals surface area contributed by atoms with Crippen molar-refractivity contribution in [2.75, 3.05) is 7.11 Å². The van der Waals surface area contributed by atoms with Crippen LogP contribution in [0.1, 0.15) is 5.56 Å². The normalized spacial score (nSPS) is 9.85. The van der Waals surface area contributed by atoms with E-state index >= 15 is 0 Å². The van der Waals surface area contributed by atoms with E-state index in [1.807, 2.05) is 0 Å². The van der Waals surface area contributed by atoms with Crippen molar-refractivity contribution in [3.8, 4) is 0 Å². The summed E-state index contributed by atoms with van der Waals surface area (Å²) in [5, 5.41) is 7.25. The SMILES string of the molecule is COC(=N)c1ccc(F)c(F)c1Br. The van der Waals surface area contributed by atoms with E-state index in [4.69, 9.17) is 5.41 Å². The van der Waals surface area contributed by atoms with Crippen LogP contribution in [-0.4, -0.2) is 13.0 Å². The molecule has 0 amide bonds. The fourth-order valence-electron chi connectivity index (χ4n) is 0.811. The average molecular weight is 250 g/mol. The predicted octanol–water partition coefficient (Wildman–Crippen LogP) is 2.70. The molecular weight excluding hydrogens is 244 g/mol. The van der Waals surface area contributed by atoms with Gasteiger partial charge in [-0.05, 0) is 28.1 Å². The van der Waals surface area contributed by atoms with Crippen LogP contribution in [0.15, 0.2) is 16.6 Å². The van der Waals surface area contributed by atoms with Crippen LogP contribution in [0.5, 0.6) is 0 Å². The first-order valence-corrected chi connectivity index (χ1v) is 4.13. The quantitative estimate of drug-likeness (QED) is 0.464. The highest BCUT2D eigenvalue weighted by Crippen LogP contribution is 2.23. The summed E-state index contributed by atoms with van der Waals surface area (Å²) in [5.41, 5.74) is 0.182. The monoisotopic (exact) mass is 249 g/mol. The van der Waals surface area contributed by atoms with Crippen LogP contribution in [-0.2, 0) is 4.74 Å². The van der Waals surface area contributed by atoms with Gasteiger partial charge in [0.2, 0.25) is 5.90 Å². The minimum atomic E-state index is -1.01. The van der Waals surface area contributed by atoms with Gasteiger partial charge >= 0.3 is 0 Å². The molecule has 0 atom stereocenters. The molecule has 0 aliphatic heterocycles. The number of methoxy groups -OCH3 is 1. The maximum absolute atomic E-state index is 12.9. The molecule has 0 aliphatic carbocycles. The number of hydrogen-bond acceptors (Lipinski definition) is 2. The molecule has 2 nitrogen and oxygen atoms in total. The lowest BCUT2D eigenvalue weighted by atomic mass is 10.2. The lowest BCUT2D eigenvalue weighted by Crippen LogP contribution is -2.04. The number of nitrogens with one attached hydrogen (secondary N) is 1. The summed E-state index contributed by atoms with van der Waals surface area (Å²) >= 11 is 2.84. The van der Waals surface area contributed by atoms with E-state index in [0.29, 0.717) is 0 Å². The van der Waals surface area contributed by atoms with Crippen molar-refractivity contribution in [3.05, 3.63) is 33.8 Å². The van der Waals surface area contributed by atoms with Crippen molar-refractivity contribution in [1.82, 2.24) is 0 Å². The van der Waals surface area contributed by atoms with E-state index in [2.05, 4.69) is 20.7 Å². The van der Waals surface area contributed by atoms with Gasteiger partial charge in [-0.2, -0.15) is 0 Å². The third kappa shape index (κ3) is 1.85. The van der Waals surface area contributed by atoms with Gasteiger partial charge in [-0.15, -0.1) is 0 Å². The highest BCUT2D eigenvalue weighted by molar-refractivity contribution is 9.10. The molecule has 0 aliphatic rings. The molecule has 0 saturated carbocycles. The zero-order valence-corrected chi connectivity index (χ0v) is 8.28. The Balaban J connectivity index is 3.26. The van der Waals surface area contributed by atoms with Crippen molar-refractivity contribution in [2.45, 2.75) is 0 Å². The van der Waals surface area contributed by atoms with Gasteiger partial charge in [0, 0.05) is 0 Å². The van der Waals surface area contributed by atoms with E-state index in [9.17, 15) is 8.78 Å². The summed E-state index contributed by atoms with van der Waals surface area (Å²) in [6.07, 6.45) is 0. The first-order valence-electron chi connectivity index (χ1n) is 3.34. The number of halogens is 3. The molecule has 1 rings (SSSR count). The summed E-state index contributed by atoms with van der Waals surface area (Å²) in [7, 11) is 1.29. The number of hydrogen-bond donors (Lipinski definition) is 1. The summed E-state index contributed by atoms with van der Waals surface area (Å²) in [6, 6.07) is 2.22. The van der Waals surface area contributed by atoms with E-state index in [0.717, 1.165) is 6.07 Å². The predicted molar refractivity (Wildman–Crippen MR) is 47.9 cm³/mol. The first kappa shape index (κ1) is 10.1. The van der Waals surface area contributed by atoms with Crippen LogP contribution in [0.4, 0.5) is 8.78 Å². The molecular formula is C8H6BrF2NO. The van der Waals surface area contributed by atoms with E-state index in [1.165, 1.54) is 13.2 Å². The highest BCUT2D eigenvalue weighted by atomic mass is 79.9. The lowest BCUT2D eigenvalue weighted by Gasteiger charge is -2.05. The van der Waals surface area contributed by atoms with Crippen LogP contribution in [0, 0.1) is 17.0 Å². The molecule has 0 bridgehead atoms. The molecule has 0 spiro atoms. The fraction of sp³-hybridized carbons (Fsp3) is 0.125. The Morgan fingerprint density at radius 1 is 1.46 bits per heavy atom. The summed E-state index contributed by atoms with van der Waals surface area (Å²) < 4.78 is 30.0. The number of benzene rings is 1.